The van der Waals surface area contributed by atoms with Gasteiger partial charge in [-0.15, -0.1) is 0 Å². The molecule has 31 heavy (non-hydrogen) atoms. The van der Waals surface area contributed by atoms with E-state index in [0.29, 0.717) is 6.61 Å². The molecule has 4 nitrogen and oxygen atoms in total. The second-order valence-electron chi connectivity index (χ2n) is 9.01. The molecule has 2 heterocycles. The lowest BCUT2D eigenvalue weighted by molar-refractivity contribution is 0.0121. The lowest BCUT2D eigenvalue weighted by Crippen LogP contribution is -2.58. The highest BCUT2D eigenvalue weighted by Crippen LogP contribution is 2.45. The number of fused-ring (bicyclic) bond motifs is 7. The van der Waals surface area contributed by atoms with E-state index in [2.05, 4.69) is 84.7 Å². The molecule has 3 aromatic rings. The van der Waals surface area contributed by atoms with E-state index in [1.807, 2.05) is 4.90 Å². The Morgan fingerprint density at radius 1 is 0.871 bits per heavy atom. The maximum atomic E-state index is 13.4. The standard InChI is InChI=1S/C27H26N2O2/c1-28-15-19-14-18-8-2-3-9-20(18)26(16-28)29(19)27(30)31-17-25-23-12-6-4-10-21(23)22-11-5-7-13-24(22)25/h2-13,19,25-26H,14-17H2,1H3/t19-,26-/m0/s1. The van der Waals surface area contributed by atoms with Crippen LogP contribution in [-0.4, -0.2) is 48.7 Å². The minimum absolute atomic E-state index is 0.0596. The third-order valence-electron chi connectivity index (χ3n) is 7.15. The molecule has 0 aromatic heterocycles. The Morgan fingerprint density at radius 3 is 2.19 bits per heavy atom. The summed E-state index contributed by atoms with van der Waals surface area (Å²) in [6.07, 6.45) is 0.709. The van der Waals surface area contributed by atoms with Crippen molar-refractivity contribution in [3.63, 3.8) is 0 Å². The van der Waals surface area contributed by atoms with Crippen LogP contribution in [0.5, 0.6) is 0 Å². The zero-order valence-corrected chi connectivity index (χ0v) is 17.7. The van der Waals surface area contributed by atoms with Crippen LogP contribution in [0.3, 0.4) is 0 Å². The fourth-order valence-electron chi connectivity index (χ4n) is 5.81. The Labute approximate surface area is 183 Å². The van der Waals surface area contributed by atoms with Gasteiger partial charge in [-0.25, -0.2) is 4.79 Å². The molecule has 1 fully saturated rings. The van der Waals surface area contributed by atoms with E-state index in [0.717, 1.165) is 19.5 Å². The van der Waals surface area contributed by atoms with Gasteiger partial charge in [0.05, 0.1) is 12.1 Å². The minimum atomic E-state index is -0.181. The number of benzene rings is 3. The Balaban J connectivity index is 1.27. The van der Waals surface area contributed by atoms with Gasteiger partial charge in [0.15, 0.2) is 0 Å². The van der Waals surface area contributed by atoms with Gasteiger partial charge in [-0.3, -0.25) is 4.90 Å². The molecular weight excluding hydrogens is 384 g/mol. The molecule has 3 aliphatic rings. The lowest BCUT2D eigenvalue weighted by Gasteiger charge is -2.49. The largest absolute Gasteiger partial charge is 0.448 e. The number of rotatable bonds is 2. The van der Waals surface area contributed by atoms with Crippen molar-refractivity contribution in [2.45, 2.75) is 24.4 Å². The number of hydrogen-bond donors (Lipinski definition) is 0. The van der Waals surface area contributed by atoms with Gasteiger partial charge in [0, 0.05) is 19.0 Å². The summed E-state index contributed by atoms with van der Waals surface area (Å²) in [7, 11) is 2.14. The molecule has 2 bridgehead atoms. The first-order chi connectivity index (χ1) is 15.2. The molecule has 6 rings (SSSR count). The Hall–Kier alpha value is -3.11. The molecule has 156 valence electrons. The summed E-state index contributed by atoms with van der Waals surface area (Å²) in [6, 6.07) is 25.7. The number of ether oxygens (including phenoxy) is 1. The number of amides is 1. The molecule has 1 saturated heterocycles. The van der Waals surface area contributed by atoms with E-state index in [9.17, 15) is 4.79 Å². The summed E-state index contributed by atoms with van der Waals surface area (Å²) in [5.41, 5.74) is 7.64. The van der Waals surface area contributed by atoms with E-state index < -0.39 is 0 Å². The van der Waals surface area contributed by atoms with Gasteiger partial charge in [0.25, 0.3) is 0 Å². The van der Waals surface area contributed by atoms with Crippen molar-refractivity contribution < 1.29 is 9.53 Å². The third-order valence-corrected chi connectivity index (χ3v) is 7.15. The fourth-order valence-corrected chi connectivity index (χ4v) is 5.81. The summed E-state index contributed by atoms with van der Waals surface area (Å²) in [5, 5.41) is 0. The van der Waals surface area contributed by atoms with Crippen molar-refractivity contribution in [2.75, 3.05) is 26.7 Å². The van der Waals surface area contributed by atoms with Gasteiger partial charge in [-0.05, 0) is 46.8 Å². The molecule has 1 aliphatic carbocycles. The molecule has 0 unspecified atom stereocenters. The van der Waals surface area contributed by atoms with Crippen molar-refractivity contribution >= 4 is 6.09 Å². The zero-order chi connectivity index (χ0) is 20.9. The normalized spacial score (nSPS) is 21.9. The summed E-state index contributed by atoms with van der Waals surface area (Å²) in [6.45, 7) is 2.10. The second kappa shape index (κ2) is 7.24. The van der Waals surface area contributed by atoms with Gasteiger partial charge < -0.3 is 9.64 Å². The molecule has 4 heteroatoms. The number of nitrogens with zero attached hydrogens (tertiary/aromatic N) is 2. The first kappa shape index (κ1) is 18.6. The molecule has 2 aliphatic heterocycles. The summed E-state index contributed by atoms with van der Waals surface area (Å²) >= 11 is 0. The fraction of sp³-hybridized carbons (Fsp3) is 0.296. The van der Waals surface area contributed by atoms with Gasteiger partial charge in [0.1, 0.15) is 6.61 Å². The number of carbonyl (C=O) groups is 1. The predicted octanol–water partition coefficient (Wildman–Crippen LogP) is 4.85. The average molecular weight is 411 g/mol. The van der Waals surface area contributed by atoms with Gasteiger partial charge >= 0.3 is 6.09 Å². The first-order valence-corrected chi connectivity index (χ1v) is 11.1. The van der Waals surface area contributed by atoms with Gasteiger partial charge in [-0.2, -0.15) is 0 Å². The minimum Gasteiger partial charge on any atom is -0.448 e. The molecular formula is C27H26N2O2. The van der Waals surface area contributed by atoms with Crippen LogP contribution in [0.25, 0.3) is 11.1 Å². The van der Waals surface area contributed by atoms with E-state index >= 15 is 0 Å². The monoisotopic (exact) mass is 410 g/mol. The Morgan fingerprint density at radius 2 is 1.48 bits per heavy atom. The highest BCUT2D eigenvalue weighted by Gasteiger charge is 2.43. The van der Waals surface area contributed by atoms with Crippen LogP contribution in [0.1, 0.15) is 34.2 Å². The van der Waals surface area contributed by atoms with Crippen molar-refractivity contribution in [3.8, 4) is 11.1 Å². The number of likely N-dealkylation sites (N-methyl/N-ethyl adjacent to an activating group) is 1. The maximum absolute atomic E-state index is 13.4. The van der Waals surface area contributed by atoms with E-state index in [1.54, 1.807) is 0 Å². The summed E-state index contributed by atoms with van der Waals surface area (Å²) in [4.78, 5) is 17.7. The van der Waals surface area contributed by atoms with Crippen LogP contribution < -0.4 is 0 Å². The number of piperazine rings is 1. The van der Waals surface area contributed by atoms with Crippen LogP contribution in [0, 0.1) is 0 Å². The lowest BCUT2D eigenvalue weighted by atomic mass is 9.85. The Bertz CT molecular complexity index is 1110. The van der Waals surface area contributed by atoms with Crippen LogP contribution in [0.2, 0.25) is 0 Å². The van der Waals surface area contributed by atoms with Gasteiger partial charge in [-0.1, -0.05) is 72.8 Å². The first-order valence-electron chi connectivity index (χ1n) is 11.1. The molecule has 1 amide bonds. The molecule has 0 N–H and O–H groups in total. The second-order valence-corrected chi connectivity index (χ2v) is 9.01. The summed E-state index contributed by atoms with van der Waals surface area (Å²) < 4.78 is 6.03. The summed E-state index contributed by atoms with van der Waals surface area (Å²) in [5.74, 6) is 0.0935. The highest BCUT2D eigenvalue weighted by molar-refractivity contribution is 5.79. The topological polar surface area (TPSA) is 32.8 Å². The SMILES string of the molecule is CN1C[C@@H]2Cc3ccccc3[C@H](C1)N2C(=O)OCC1c2ccccc2-c2ccccc21. The van der Waals surface area contributed by atoms with Crippen molar-refractivity contribution in [3.05, 3.63) is 95.1 Å². The number of hydrogen-bond acceptors (Lipinski definition) is 3. The maximum Gasteiger partial charge on any atom is 0.410 e. The van der Waals surface area contributed by atoms with Crippen LogP contribution in [0.15, 0.2) is 72.8 Å². The predicted molar refractivity (Wildman–Crippen MR) is 121 cm³/mol. The van der Waals surface area contributed by atoms with E-state index in [1.165, 1.54) is 33.4 Å². The quantitative estimate of drug-likeness (QED) is 0.606. The van der Waals surface area contributed by atoms with Crippen molar-refractivity contribution in [1.29, 1.82) is 0 Å². The van der Waals surface area contributed by atoms with Gasteiger partial charge in [0.2, 0.25) is 0 Å². The highest BCUT2D eigenvalue weighted by atomic mass is 16.6. The molecule has 3 aromatic carbocycles. The van der Waals surface area contributed by atoms with E-state index in [4.69, 9.17) is 4.74 Å². The Kier molecular flexibility index (Phi) is 4.35. The zero-order valence-electron chi connectivity index (χ0n) is 17.7. The third kappa shape index (κ3) is 2.97. The smallest absolute Gasteiger partial charge is 0.410 e. The van der Waals surface area contributed by atoms with Crippen LogP contribution >= 0.6 is 0 Å². The van der Waals surface area contributed by atoms with Crippen molar-refractivity contribution in [1.82, 2.24) is 9.80 Å². The molecule has 2 atom stereocenters. The molecule has 0 spiro atoms. The number of carbonyl (C=O) groups excluding carboxylic acids is 1. The van der Waals surface area contributed by atoms with Crippen LogP contribution in [0.4, 0.5) is 4.79 Å². The molecule has 0 saturated carbocycles. The molecule has 0 radical (unpaired) electrons. The van der Waals surface area contributed by atoms with E-state index in [-0.39, 0.29) is 24.1 Å². The van der Waals surface area contributed by atoms with Crippen LogP contribution in [-0.2, 0) is 11.2 Å². The van der Waals surface area contributed by atoms with Crippen molar-refractivity contribution in [2.24, 2.45) is 0 Å². The average Bonchev–Trinajstić information content (AvgIpc) is 3.11.